The zero-order valence-electron chi connectivity index (χ0n) is 20.0. The number of hydrogen-bond acceptors (Lipinski definition) is 4. The van der Waals surface area contributed by atoms with Crippen molar-refractivity contribution in [1.29, 1.82) is 0 Å². The molecule has 1 heterocycles. The number of hydrogen-bond donors (Lipinski definition) is 1. The number of rotatable bonds is 2. The third-order valence-corrected chi connectivity index (χ3v) is 9.74. The highest BCUT2D eigenvalue weighted by atomic mass is 16.7. The van der Waals surface area contributed by atoms with E-state index in [1.807, 2.05) is 6.92 Å². The summed E-state index contributed by atoms with van der Waals surface area (Å²) in [6, 6.07) is 8.77. The van der Waals surface area contributed by atoms with Gasteiger partial charge >= 0.3 is 0 Å². The van der Waals surface area contributed by atoms with Gasteiger partial charge in [0.25, 0.3) is 0 Å². The van der Waals surface area contributed by atoms with Crippen molar-refractivity contribution in [2.75, 3.05) is 13.2 Å². The summed E-state index contributed by atoms with van der Waals surface area (Å²) in [5.74, 6) is 0.792. The van der Waals surface area contributed by atoms with Gasteiger partial charge in [-0.05, 0) is 67.6 Å². The third-order valence-electron chi connectivity index (χ3n) is 9.74. The number of Topliss-reactive ketones (excluding diaryl/α,β-unsaturated/α-hetero) is 1. The van der Waals surface area contributed by atoms with E-state index in [1.54, 1.807) is 0 Å². The second-order valence-corrected chi connectivity index (χ2v) is 11.5. The number of carbonyl (C=O) groups is 1. The van der Waals surface area contributed by atoms with Gasteiger partial charge < -0.3 is 14.6 Å². The fourth-order valence-electron chi connectivity index (χ4n) is 8.08. The molecule has 33 heavy (non-hydrogen) atoms. The van der Waals surface area contributed by atoms with Crippen LogP contribution in [-0.4, -0.2) is 35.5 Å². The van der Waals surface area contributed by atoms with Crippen LogP contribution in [0.5, 0.6) is 0 Å². The van der Waals surface area contributed by atoms with Crippen LogP contribution in [0.1, 0.15) is 82.3 Å². The monoisotopic (exact) mass is 448 g/mol. The van der Waals surface area contributed by atoms with E-state index in [1.165, 1.54) is 16.7 Å². The Labute approximate surface area is 197 Å². The summed E-state index contributed by atoms with van der Waals surface area (Å²) in [7, 11) is 0. The zero-order valence-corrected chi connectivity index (χ0v) is 20.0. The number of benzene rings is 1. The molecular formula is C29H36O4. The van der Waals surface area contributed by atoms with Crippen LogP contribution in [0.2, 0.25) is 0 Å². The van der Waals surface area contributed by atoms with E-state index in [9.17, 15) is 9.90 Å². The first-order valence-corrected chi connectivity index (χ1v) is 12.8. The van der Waals surface area contributed by atoms with Gasteiger partial charge in [0.15, 0.2) is 5.79 Å². The zero-order chi connectivity index (χ0) is 23.0. The fourth-order valence-corrected chi connectivity index (χ4v) is 8.08. The molecule has 3 saturated carbocycles. The molecule has 5 aliphatic rings. The number of ether oxygens (including phenoxy) is 2. The number of carbonyl (C=O) groups excluding carboxylic acids is 1. The maximum absolute atomic E-state index is 13.1. The minimum absolute atomic E-state index is 0.179. The van der Waals surface area contributed by atoms with Crippen LogP contribution in [0, 0.1) is 17.3 Å². The summed E-state index contributed by atoms with van der Waals surface area (Å²) in [5.41, 5.74) is 5.04. The molecule has 4 fully saturated rings. The molecule has 4 nitrogen and oxygen atoms in total. The molecular weight excluding hydrogens is 412 g/mol. The average molecular weight is 449 g/mol. The maximum Gasteiger partial charge on any atom is 0.171 e. The van der Waals surface area contributed by atoms with Crippen molar-refractivity contribution in [2.24, 2.45) is 17.3 Å². The standard InChI is InChI=1S/C29H36O4/c1-18(2)19-4-6-20(7-5-19)22-16-27(3)23(8-9-25(27)30)21-10-12-28(31)17-29(32-14-15-33-29)13-11-24(28)26(21)22/h4-7,21-23,31H,1,8-17H2,2-3H3/t21?,22?,23?,27-,28+/m0/s1. The highest BCUT2D eigenvalue weighted by molar-refractivity contribution is 5.87. The highest BCUT2D eigenvalue weighted by Crippen LogP contribution is 2.64. The average Bonchev–Trinajstić information content (AvgIpc) is 3.36. The lowest BCUT2D eigenvalue weighted by Crippen LogP contribution is -2.53. The molecule has 1 N–H and O–H groups in total. The second kappa shape index (κ2) is 7.37. The molecule has 1 saturated heterocycles. The molecule has 1 spiro atoms. The summed E-state index contributed by atoms with van der Waals surface area (Å²) < 4.78 is 12.0. The summed E-state index contributed by atoms with van der Waals surface area (Å²) in [6.07, 6.45) is 6.40. The Morgan fingerprint density at radius 2 is 1.82 bits per heavy atom. The Morgan fingerprint density at radius 1 is 1.09 bits per heavy atom. The Balaban J connectivity index is 1.47. The van der Waals surface area contributed by atoms with Crippen LogP contribution in [0.4, 0.5) is 0 Å². The minimum atomic E-state index is -0.860. The van der Waals surface area contributed by atoms with Crippen molar-refractivity contribution >= 4 is 11.4 Å². The van der Waals surface area contributed by atoms with Crippen molar-refractivity contribution in [3.05, 3.63) is 53.1 Å². The van der Waals surface area contributed by atoms with Gasteiger partial charge in [-0.15, -0.1) is 0 Å². The van der Waals surface area contributed by atoms with Crippen molar-refractivity contribution in [1.82, 2.24) is 0 Å². The summed E-state index contributed by atoms with van der Waals surface area (Å²) in [5, 5.41) is 12.0. The molecule has 0 amide bonds. The van der Waals surface area contributed by atoms with E-state index in [2.05, 4.69) is 37.8 Å². The van der Waals surface area contributed by atoms with Gasteiger partial charge in [0, 0.05) is 30.6 Å². The van der Waals surface area contributed by atoms with Gasteiger partial charge in [-0.1, -0.05) is 48.9 Å². The summed E-state index contributed by atoms with van der Waals surface area (Å²) in [4.78, 5) is 13.1. The second-order valence-electron chi connectivity index (χ2n) is 11.5. The third kappa shape index (κ3) is 3.17. The minimum Gasteiger partial charge on any atom is -0.385 e. The molecule has 4 aliphatic carbocycles. The van der Waals surface area contributed by atoms with Gasteiger partial charge in [-0.25, -0.2) is 0 Å². The van der Waals surface area contributed by atoms with E-state index in [0.29, 0.717) is 43.7 Å². The first-order chi connectivity index (χ1) is 15.7. The predicted octanol–water partition coefficient (Wildman–Crippen LogP) is 5.56. The quantitative estimate of drug-likeness (QED) is 0.602. The molecule has 1 aromatic carbocycles. The first-order valence-electron chi connectivity index (χ1n) is 12.8. The van der Waals surface area contributed by atoms with Gasteiger partial charge in [-0.3, -0.25) is 4.79 Å². The van der Waals surface area contributed by atoms with Crippen LogP contribution in [0.15, 0.2) is 42.0 Å². The SMILES string of the molecule is C=C(C)c1ccc(C2C[C@]3(C)C(=O)CCC3C3CC[C@@]4(O)CC5(CCC4=C23)OCCO5)cc1. The Morgan fingerprint density at radius 3 is 2.52 bits per heavy atom. The first kappa shape index (κ1) is 21.8. The molecule has 4 heteroatoms. The van der Waals surface area contributed by atoms with Crippen LogP contribution >= 0.6 is 0 Å². The molecule has 0 radical (unpaired) electrons. The molecule has 1 aromatic rings. The predicted molar refractivity (Wildman–Crippen MR) is 128 cm³/mol. The molecule has 1 aliphatic heterocycles. The van der Waals surface area contributed by atoms with Crippen LogP contribution in [0.25, 0.3) is 5.57 Å². The fraction of sp³-hybridized carbons (Fsp3) is 0.621. The largest absolute Gasteiger partial charge is 0.385 e. The van der Waals surface area contributed by atoms with E-state index in [4.69, 9.17) is 9.47 Å². The van der Waals surface area contributed by atoms with Crippen molar-refractivity contribution in [2.45, 2.75) is 82.5 Å². The van der Waals surface area contributed by atoms with Gasteiger partial charge in [-0.2, -0.15) is 0 Å². The molecule has 3 unspecified atom stereocenters. The van der Waals surface area contributed by atoms with Crippen LogP contribution < -0.4 is 0 Å². The molecule has 6 rings (SSSR count). The van der Waals surface area contributed by atoms with E-state index in [0.717, 1.165) is 49.7 Å². The van der Waals surface area contributed by atoms with Crippen molar-refractivity contribution in [3.63, 3.8) is 0 Å². The summed E-state index contributed by atoms with van der Waals surface area (Å²) in [6.45, 7) is 9.57. The Bertz CT molecular complexity index is 1030. The lowest BCUT2D eigenvalue weighted by Gasteiger charge is -2.55. The van der Waals surface area contributed by atoms with Crippen LogP contribution in [0.3, 0.4) is 0 Å². The number of aliphatic hydroxyl groups is 1. The molecule has 5 atom stereocenters. The van der Waals surface area contributed by atoms with E-state index < -0.39 is 11.4 Å². The van der Waals surface area contributed by atoms with Gasteiger partial charge in [0.05, 0.1) is 18.8 Å². The summed E-state index contributed by atoms with van der Waals surface area (Å²) >= 11 is 0. The highest BCUT2D eigenvalue weighted by Gasteiger charge is 2.60. The maximum atomic E-state index is 13.1. The van der Waals surface area contributed by atoms with E-state index in [-0.39, 0.29) is 11.3 Å². The molecule has 176 valence electrons. The normalized spacial score (nSPS) is 39.4. The Kier molecular flexibility index (Phi) is 4.86. The van der Waals surface area contributed by atoms with Crippen LogP contribution in [-0.2, 0) is 14.3 Å². The molecule has 0 bridgehead atoms. The van der Waals surface area contributed by atoms with Gasteiger partial charge in [0.1, 0.15) is 5.78 Å². The van der Waals surface area contributed by atoms with Gasteiger partial charge in [0.2, 0.25) is 0 Å². The smallest absolute Gasteiger partial charge is 0.171 e. The number of ketones is 1. The van der Waals surface area contributed by atoms with Crippen molar-refractivity contribution in [3.8, 4) is 0 Å². The Hall–Kier alpha value is -1.75. The topological polar surface area (TPSA) is 55.8 Å². The lowest BCUT2D eigenvalue weighted by atomic mass is 9.51. The number of fused-ring (bicyclic) bond motifs is 4. The van der Waals surface area contributed by atoms with Crippen molar-refractivity contribution < 1.29 is 19.4 Å². The lowest BCUT2D eigenvalue weighted by molar-refractivity contribution is -0.208. The molecule has 0 aromatic heterocycles. The van der Waals surface area contributed by atoms with E-state index >= 15 is 0 Å². The number of allylic oxidation sites excluding steroid dienone is 2.